The molecule has 0 bridgehead atoms. The lowest BCUT2D eigenvalue weighted by Crippen LogP contribution is -1.91. The molecule has 2 N–H and O–H groups in total. The number of nitrogens with zero attached hydrogens (tertiary/aromatic N) is 5. The second kappa shape index (κ2) is 3.09. The van der Waals surface area contributed by atoms with E-state index in [-0.39, 0.29) is 0 Å². The third kappa shape index (κ3) is 1.64. The number of nitrogens with two attached hydrogens (primary N) is 1. The molecular weight excluding hydrogens is 188 g/mol. The Morgan fingerprint density at radius 2 is 2.38 bits per heavy atom. The Morgan fingerprint density at radius 1 is 1.54 bits per heavy atom. The molecule has 0 spiro atoms. The van der Waals surface area contributed by atoms with E-state index in [0.717, 1.165) is 4.90 Å². The van der Waals surface area contributed by atoms with Crippen LogP contribution in [-0.4, -0.2) is 24.2 Å². The van der Waals surface area contributed by atoms with Crippen molar-refractivity contribution in [3.63, 3.8) is 0 Å². The molecular formula is C6H8N6S. The summed E-state index contributed by atoms with van der Waals surface area (Å²) in [4.78, 5) is 0.869. The highest BCUT2D eigenvalue weighted by Crippen LogP contribution is 2.23. The second-order valence-electron chi connectivity index (χ2n) is 2.45. The summed E-state index contributed by atoms with van der Waals surface area (Å²) in [6, 6.07) is 0. The second-order valence-corrected chi connectivity index (χ2v) is 3.45. The van der Waals surface area contributed by atoms with Crippen LogP contribution in [0.4, 0.5) is 5.82 Å². The zero-order chi connectivity index (χ0) is 9.26. The molecule has 0 radical (unpaired) electrons. The highest BCUT2D eigenvalue weighted by atomic mass is 32.2. The van der Waals surface area contributed by atoms with E-state index in [1.165, 1.54) is 11.9 Å². The SMILES string of the molecule is Cn1cc(Sn2ccnn2)c(N)n1. The van der Waals surface area contributed by atoms with E-state index >= 15 is 0 Å². The molecule has 0 amide bonds. The summed E-state index contributed by atoms with van der Waals surface area (Å²) in [5, 5.41) is 11.5. The van der Waals surface area contributed by atoms with E-state index in [4.69, 9.17) is 5.73 Å². The Bertz CT molecular complexity index is 391. The molecule has 13 heavy (non-hydrogen) atoms. The summed E-state index contributed by atoms with van der Waals surface area (Å²) in [7, 11) is 1.82. The third-order valence-corrected chi connectivity index (χ3v) is 2.31. The Balaban J connectivity index is 2.23. The van der Waals surface area contributed by atoms with Gasteiger partial charge in [-0.3, -0.25) is 4.68 Å². The largest absolute Gasteiger partial charge is 0.381 e. The van der Waals surface area contributed by atoms with Gasteiger partial charge in [0.1, 0.15) is 0 Å². The maximum absolute atomic E-state index is 5.64. The Hall–Kier alpha value is -1.50. The van der Waals surface area contributed by atoms with Crippen LogP contribution in [0.25, 0.3) is 0 Å². The topological polar surface area (TPSA) is 74.5 Å². The molecule has 0 unspecified atom stereocenters. The minimum absolute atomic E-state index is 0.503. The lowest BCUT2D eigenvalue weighted by Gasteiger charge is -1.94. The van der Waals surface area contributed by atoms with Crippen LogP contribution >= 0.6 is 11.9 Å². The van der Waals surface area contributed by atoms with Gasteiger partial charge in [0.15, 0.2) is 5.82 Å². The molecule has 0 aliphatic rings. The van der Waals surface area contributed by atoms with E-state index in [1.54, 1.807) is 21.2 Å². The lowest BCUT2D eigenvalue weighted by molar-refractivity contribution is 0.770. The summed E-state index contributed by atoms with van der Waals surface area (Å²) < 4.78 is 3.28. The fourth-order valence-corrected chi connectivity index (χ4v) is 1.63. The fraction of sp³-hybridized carbons (Fsp3) is 0.167. The molecule has 0 saturated heterocycles. The minimum atomic E-state index is 0.503. The molecule has 0 fully saturated rings. The summed E-state index contributed by atoms with van der Waals surface area (Å²) in [6.45, 7) is 0. The Kier molecular flexibility index (Phi) is 1.93. The van der Waals surface area contributed by atoms with Gasteiger partial charge in [-0.25, -0.2) is 0 Å². The Morgan fingerprint density at radius 3 is 2.92 bits per heavy atom. The molecule has 0 aliphatic carbocycles. The molecule has 2 heterocycles. The quantitative estimate of drug-likeness (QED) is 0.740. The van der Waals surface area contributed by atoms with Crippen molar-refractivity contribution >= 4 is 17.8 Å². The van der Waals surface area contributed by atoms with Crippen LogP contribution in [0.1, 0.15) is 0 Å². The van der Waals surface area contributed by atoms with Gasteiger partial charge in [0.05, 0.1) is 17.3 Å². The first-order chi connectivity index (χ1) is 6.25. The predicted molar refractivity (Wildman–Crippen MR) is 48.9 cm³/mol. The van der Waals surface area contributed by atoms with Crippen LogP contribution in [-0.2, 0) is 7.05 Å². The molecule has 7 heteroatoms. The number of anilines is 1. The average molecular weight is 196 g/mol. The van der Waals surface area contributed by atoms with Gasteiger partial charge in [-0.2, -0.15) is 9.19 Å². The van der Waals surface area contributed by atoms with E-state index in [1.807, 2.05) is 13.2 Å². The summed E-state index contributed by atoms with van der Waals surface area (Å²) in [5.41, 5.74) is 5.64. The summed E-state index contributed by atoms with van der Waals surface area (Å²) >= 11 is 1.38. The number of rotatable bonds is 2. The molecule has 0 aromatic carbocycles. The van der Waals surface area contributed by atoms with Crippen LogP contribution in [0.2, 0.25) is 0 Å². The Labute approximate surface area is 78.9 Å². The molecule has 2 rings (SSSR count). The zero-order valence-corrected chi connectivity index (χ0v) is 7.77. The van der Waals surface area contributed by atoms with Gasteiger partial charge >= 0.3 is 0 Å². The van der Waals surface area contributed by atoms with Gasteiger partial charge in [-0.05, 0) is 0 Å². The van der Waals surface area contributed by atoms with E-state index in [0.29, 0.717) is 5.82 Å². The predicted octanol–water partition coefficient (Wildman–Crippen LogP) is 0.149. The maximum atomic E-state index is 5.64. The third-order valence-electron chi connectivity index (χ3n) is 1.41. The molecule has 0 aliphatic heterocycles. The maximum Gasteiger partial charge on any atom is 0.161 e. The van der Waals surface area contributed by atoms with Crippen LogP contribution < -0.4 is 5.73 Å². The minimum Gasteiger partial charge on any atom is -0.381 e. The lowest BCUT2D eigenvalue weighted by atomic mass is 10.7. The molecule has 2 aromatic heterocycles. The van der Waals surface area contributed by atoms with Crippen molar-refractivity contribution in [3.05, 3.63) is 18.6 Å². The first kappa shape index (κ1) is 8.11. The molecule has 2 aromatic rings. The van der Waals surface area contributed by atoms with Gasteiger partial charge in [0, 0.05) is 25.2 Å². The van der Waals surface area contributed by atoms with Crippen molar-refractivity contribution in [3.8, 4) is 0 Å². The summed E-state index contributed by atoms with van der Waals surface area (Å²) in [6.07, 6.45) is 5.19. The van der Waals surface area contributed by atoms with E-state index in [9.17, 15) is 0 Å². The van der Waals surface area contributed by atoms with Crippen molar-refractivity contribution in [1.82, 2.24) is 24.2 Å². The molecule has 0 saturated carbocycles. The number of hydrogen-bond acceptors (Lipinski definition) is 5. The monoisotopic (exact) mass is 196 g/mol. The van der Waals surface area contributed by atoms with Gasteiger partial charge in [-0.1, -0.05) is 5.21 Å². The zero-order valence-electron chi connectivity index (χ0n) is 6.95. The number of nitrogen functional groups attached to an aromatic ring is 1. The molecule has 0 atom stereocenters. The standard InChI is InChI=1S/C6H8N6S/c1-11-4-5(6(7)9-11)13-12-3-2-8-10-12/h2-4H,1H3,(H2,7,9). The normalized spacial score (nSPS) is 10.5. The first-order valence-electron chi connectivity index (χ1n) is 3.59. The number of aryl methyl sites for hydroxylation is 1. The van der Waals surface area contributed by atoms with Gasteiger partial charge in [0.2, 0.25) is 0 Å². The molecule has 68 valence electrons. The van der Waals surface area contributed by atoms with Crippen LogP contribution in [0.15, 0.2) is 23.5 Å². The van der Waals surface area contributed by atoms with Crippen LogP contribution in [0.5, 0.6) is 0 Å². The average Bonchev–Trinajstić information content (AvgIpc) is 2.63. The van der Waals surface area contributed by atoms with Crippen LogP contribution in [0, 0.1) is 0 Å². The smallest absolute Gasteiger partial charge is 0.161 e. The number of aromatic nitrogens is 5. The van der Waals surface area contributed by atoms with Crippen molar-refractivity contribution in [2.24, 2.45) is 7.05 Å². The van der Waals surface area contributed by atoms with Crippen molar-refractivity contribution in [2.75, 3.05) is 5.73 Å². The van der Waals surface area contributed by atoms with Crippen molar-refractivity contribution in [2.45, 2.75) is 4.90 Å². The van der Waals surface area contributed by atoms with Gasteiger partial charge in [-0.15, -0.1) is 5.10 Å². The van der Waals surface area contributed by atoms with E-state index in [2.05, 4.69) is 15.4 Å². The first-order valence-corrected chi connectivity index (χ1v) is 4.37. The van der Waals surface area contributed by atoms with Crippen molar-refractivity contribution < 1.29 is 0 Å². The summed E-state index contributed by atoms with van der Waals surface area (Å²) in [5.74, 6) is 0.503. The van der Waals surface area contributed by atoms with Gasteiger partial charge < -0.3 is 5.73 Å². The van der Waals surface area contributed by atoms with Crippen molar-refractivity contribution in [1.29, 1.82) is 0 Å². The fourth-order valence-electron chi connectivity index (χ4n) is 0.901. The molecule has 6 nitrogen and oxygen atoms in total. The highest BCUT2D eigenvalue weighted by molar-refractivity contribution is 7.97. The van der Waals surface area contributed by atoms with Gasteiger partial charge in [0.25, 0.3) is 0 Å². The number of hydrogen-bond donors (Lipinski definition) is 1. The highest BCUT2D eigenvalue weighted by Gasteiger charge is 2.05. The van der Waals surface area contributed by atoms with E-state index < -0.39 is 0 Å². The van der Waals surface area contributed by atoms with Crippen LogP contribution in [0.3, 0.4) is 0 Å².